The third-order valence-electron chi connectivity index (χ3n) is 6.24. The van der Waals surface area contributed by atoms with E-state index in [1.54, 1.807) is 4.90 Å². The summed E-state index contributed by atoms with van der Waals surface area (Å²) < 4.78 is 0. The van der Waals surface area contributed by atoms with Gasteiger partial charge in [0.05, 0.1) is 6.54 Å². The summed E-state index contributed by atoms with van der Waals surface area (Å²) in [7, 11) is 0. The van der Waals surface area contributed by atoms with E-state index in [9.17, 15) is 0 Å². The Morgan fingerprint density at radius 1 is 0.957 bits per heavy atom. The predicted molar refractivity (Wildman–Crippen MR) is 97.0 cm³/mol. The van der Waals surface area contributed by atoms with Gasteiger partial charge in [-0.3, -0.25) is 0 Å². The van der Waals surface area contributed by atoms with Crippen LogP contribution in [0.15, 0.2) is 41.3 Å². The number of fused-ring (bicyclic) bond motifs is 2. The minimum absolute atomic E-state index is 0.924. The van der Waals surface area contributed by atoms with Crippen LogP contribution in [0, 0.1) is 17.8 Å². The van der Waals surface area contributed by atoms with E-state index in [-0.39, 0.29) is 0 Å². The van der Waals surface area contributed by atoms with E-state index in [1.165, 1.54) is 62.6 Å². The molecule has 1 saturated heterocycles. The van der Waals surface area contributed by atoms with Gasteiger partial charge in [-0.25, -0.2) is 0 Å². The molecule has 1 saturated carbocycles. The van der Waals surface area contributed by atoms with E-state index in [0.717, 1.165) is 17.8 Å². The molecular formula is C20H30N2S+2. The molecule has 2 nitrogen and oxygen atoms in total. The minimum Gasteiger partial charge on any atom is -0.325 e. The number of rotatable bonds is 5. The molecule has 0 unspecified atom stereocenters. The second kappa shape index (κ2) is 7.00. The summed E-state index contributed by atoms with van der Waals surface area (Å²) in [6.07, 6.45) is 10.1. The summed E-state index contributed by atoms with van der Waals surface area (Å²) in [5, 5.41) is 0. The summed E-state index contributed by atoms with van der Waals surface area (Å²) >= 11 is 1.83. The highest BCUT2D eigenvalue weighted by Crippen LogP contribution is 2.42. The minimum atomic E-state index is 0.924. The molecule has 2 aliphatic carbocycles. The van der Waals surface area contributed by atoms with Crippen molar-refractivity contribution >= 4 is 11.8 Å². The van der Waals surface area contributed by atoms with Gasteiger partial charge < -0.3 is 9.80 Å². The molecule has 3 heteroatoms. The highest BCUT2D eigenvalue weighted by molar-refractivity contribution is 7.98. The Bertz CT molecular complexity index is 545. The van der Waals surface area contributed by atoms with Crippen molar-refractivity contribution in [2.45, 2.75) is 24.3 Å². The van der Waals surface area contributed by atoms with Gasteiger partial charge in [0.25, 0.3) is 0 Å². The smallest absolute Gasteiger partial charge is 0.127 e. The SMILES string of the molecule is CSc1ccc(C[NH+]2CC[NH+](C[C@H]3C[C@@H]4C=C[C@H]3C4)CC2)cc1. The largest absolute Gasteiger partial charge is 0.325 e. The van der Waals surface area contributed by atoms with Crippen LogP contribution in [0.25, 0.3) is 0 Å². The summed E-state index contributed by atoms with van der Waals surface area (Å²) in [4.78, 5) is 5.02. The zero-order valence-electron chi connectivity index (χ0n) is 14.3. The third-order valence-corrected chi connectivity index (χ3v) is 6.99. The molecule has 2 fully saturated rings. The highest BCUT2D eigenvalue weighted by atomic mass is 32.2. The average molecular weight is 331 g/mol. The Hall–Kier alpha value is -0.770. The first-order valence-corrected chi connectivity index (χ1v) is 10.5. The standard InChI is InChI=1S/C20H28N2S/c1-23-20-6-3-16(4-7-20)14-21-8-10-22(11-9-21)15-19-13-17-2-5-18(19)12-17/h2-7,17-19H,8-15H2,1H3/p+2/t17-,18+,19-/m1/s1. The molecule has 1 aliphatic heterocycles. The van der Waals surface area contributed by atoms with Crippen LogP contribution >= 0.6 is 11.8 Å². The summed E-state index contributed by atoms with van der Waals surface area (Å²) in [6.45, 7) is 8.07. The van der Waals surface area contributed by atoms with Crippen LogP contribution < -0.4 is 9.80 Å². The van der Waals surface area contributed by atoms with E-state index in [4.69, 9.17) is 0 Å². The van der Waals surface area contributed by atoms with Crippen LogP contribution in [-0.2, 0) is 6.54 Å². The van der Waals surface area contributed by atoms with Crippen LogP contribution in [-0.4, -0.2) is 39.0 Å². The first kappa shape index (κ1) is 15.7. The van der Waals surface area contributed by atoms with Crippen LogP contribution in [0.3, 0.4) is 0 Å². The molecule has 3 atom stereocenters. The topological polar surface area (TPSA) is 8.88 Å². The summed E-state index contributed by atoms with van der Waals surface area (Å²) in [6, 6.07) is 9.17. The Morgan fingerprint density at radius 2 is 1.70 bits per heavy atom. The monoisotopic (exact) mass is 330 g/mol. The predicted octanol–water partition coefficient (Wildman–Crippen LogP) is 0.904. The van der Waals surface area contributed by atoms with Crippen molar-refractivity contribution in [2.75, 3.05) is 39.0 Å². The zero-order chi connectivity index (χ0) is 15.6. The number of thioether (sulfide) groups is 1. The Kier molecular flexibility index (Phi) is 4.79. The van der Waals surface area contributed by atoms with Gasteiger partial charge in [-0.15, -0.1) is 11.8 Å². The van der Waals surface area contributed by atoms with Gasteiger partial charge in [0.2, 0.25) is 0 Å². The lowest BCUT2D eigenvalue weighted by Crippen LogP contribution is -3.27. The van der Waals surface area contributed by atoms with Crippen molar-refractivity contribution in [3.63, 3.8) is 0 Å². The maximum atomic E-state index is 2.51. The molecule has 4 rings (SSSR count). The lowest BCUT2D eigenvalue weighted by molar-refractivity contribution is -1.02. The molecule has 0 spiro atoms. The molecular weight excluding hydrogens is 300 g/mol. The normalized spacial score (nSPS) is 35.8. The van der Waals surface area contributed by atoms with Crippen molar-refractivity contribution in [1.82, 2.24) is 0 Å². The maximum absolute atomic E-state index is 2.51. The van der Waals surface area contributed by atoms with Crippen LogP contribution in [0.5, 0.6) is 0 Å². The molecule has 1 aromatic rings. The van der Waals surface area contributed by atoms with Crippen LogP contribution in [0.1, 0.15) is 18.4 Å². The van der Waals surface area contributed by atoms with Gasteiger partial charge in [-0.2, -0.15) is 0 Å². The number of piperazine rings is 1. The molecule has 3 aliphatic rings. The van der Waals surface area contributed by atoms with Crippen molar-refractivity contribution < 1.29 is 9.80 Å². The first-order valence-electron chi connectivity index (χ1n) is 9.28. The van der Waals surface area contributed by atoms with Crippen molar-refractivity contribution in [1.29, 1.82) is 0 Å². The van der Waals surface area contributed by atoms with E-state index < -0.39 is 0 Å². The Morgan fingerprint density at radius 3 is 2.30 bits per heavy atom. The molecule has 0 amide bonds. The Labute approximate surface area is 144 Å². The molecule has 23 heavy (non-hydrogen) atoms. The summed E-state index contributed by atoms with van der Waals surface area (Å²) in [5.74, 6) is 2.84. The van der Waals surface area contributed by atoms with E-state index in [1.807, 2.05) is 16.7 Å². The fraction of sp³-hybridized carbons (Fsp3) is 0.600. The van der Waals surface area contributed by atoms with Gasteiger partial charge in [0.15, 0.2) is 0 Å². The van der Waals surface area contributed by atoms with Gasteiger partial charge in [-0.1, -0.05) is 24.3 Å². The van der Waals surface area contributed by atoms with Crippen molar-refractivity contribution in [3.05, 3.63) is 42.0 Å². The average Bonchev–Trinajstić information content (AvgIpc) is 3.20. The molecule has 0 radical (unpaired) electrons. The van der Waals surface area contributed by atoms with Crippen molar-refractivity contribution in [2.24, 2.45) is 17.8 Å². The number of nitrogens with one attached hydrogen (secondary N) is 2. The molecule has 124 valence electrons. The van der Waals surface area contributed by atoms with E-state index in [2.05, 4.69) is 42.7 Å². The lowest BCUT2D eigenvalue weighted by atomic mass is 9.93. The van der Waals surface area contributed by atoms with E-state index in [0.29, 0.717) is 0 Å². The second-order valence-corrected chi connectivity index (χ2v) is 8.65. The van der Waals surface area contributed by atoms with Gasteiger partial charge in [0.1, 0.15) is 32.7 Å². The quantitative estimate of drug-likeness (QED) is 0.602. The molecule has 2 N–H and O–H groups in total. The zero-order valence-corrected chi connectivity index (χ0v) is 15.1. The lowest BCUT2D eigenvalue weighted by Gasteiger charge is -2.32. The highest BCUT2D eigenvalue weighted by Gasteiger charge is 2.38. The maximum Gasteiger partial charge on any atom is 0.127 e. The number of hydrogen-bond donors (Lipinski definition) is 2. The number of quaternary nitrogens is 2. The third kappa shape index (κ3) is 3.67. The van der Waals surface area contributed by atoms with Gasteiger partial charge in [0, 0.05) is 16.4 Å². The van der Waals surface area contributed by atoms with E-state index >= 15 is 0 Å². The first-order chi connectivity index (χ1) is 11.3. The molecule has 1 heterocycles. The molecule has 0 aromatic heterocycles. The second-order valence-electron chi connectivity index (χ2n) is 7.77. The van der Waals surface area contributed by atoms with Gasteiger partial charge >= 0.3 is 0 Å². The van der Waals surface area contributed by atoms with Crippen molar-refractivity contribution in [3.8, 4) is 0 Å². The molecule has 2 bridgehead atoms. The molecule has 1 aromatic carbocycles. The van der Waals surface area contributed by atoms with Crippen LogP contribution in [0.2, 0.25) is 0 Å². The summed E-state index contributed by atoms with van der Waals surface area (Å²) in [5.41, 5.74) is 1.50. The van der Waals surface area contributed by atoms with Crippen LogP contribution in [0.4, 0.5) is 0 Å². The fourth-order valence-electron chi connectivity index (χ4n) is 4.87. The fourth-order valence-corrected chi connectivity index (χ4v) is 5.28. The van der Waals surface area contributed by atoms with Gasteiger partial charge in [-0.05, 0) is 43.1 Å². The number of benzene rings is 1. The number of hydrogen-bond acceptors (Lipinski definition) is 1. The number of allylic oxidation sites excluding steroid dienone is 2. The Balaban J connectivity index is 1.23.